The Balaban J connectivity index is 1.22. The van der Waals surface area contributed by atoms with Crippen molar-refractivity contribution in [1.29, 1.82) is 0 Å². The lowest BCUT2D eigenvalue weighted by molar-refractivity contribution is -0.124. The molecule has 0 radical (unpaired) electrons. The van der Waals surface area contributed by atoms with Gasteiger partial charge in [0, 0.05) is 36.3 Å². The highest BCUT2D eigenvalue weighted by Crippen LogP contribution is 2.42. The molecule has 5 heteroatoms. The number of fused-ring (bicyclic) bond motifs is 1. The van der Waals surface area contributed by atoms with E-state index in [9.17, 15) is 4.79 Å². The van der Waals surface area contributed by atoms with Crippen LogP contribution in [0.25, 0.3) is 0 Å². The van der Waals surface area contributed by atoms with Gasteiger partial charge in [0.25, 0.3) is 0 Å². The number of aromatic nitrogens is 1. The van der Waals surface area contributed by atoms with Crippen LogP contribution < -0.4 is 16.2 Å². The number of hydrazine groups is 1. The molecule has 3 aliphatic rings. The maximum Gasteiger partial charge on any atom is 0.239 e. The molecule has 3 N–H and O–H groups in total. The molecule has 5 unspecified atom stereocenters. The summed E-state index contributed by atoms with van der Waals surface area (Å²) >= 11 is 0. The summed E-state index contributed by atoms with van der Waals surface area (Å²) in [7, 11) is 0. The second-order valence-corrected chi connectivity index (χ2v) is 8.20. The fourth-order valence-corrected chi connectivity index (χ4v) is 4.93. The third-order valence-corrected chi connectivity index (χ3v) is 6.54. The maximum atomic E-state index is 12.9. The summed E-state index contributed by atoms with van der Waals surface area (Å²) in [4.78, 5) is 17.2. The molecule has 6 atom stereocenters. The molecular formula is C22H26N4O. The third-order valence-electron chi connectivity index (χ3n) is 6.54. The van der Waals surface area contributed by atoms with Crippen molar-refractivity contribution in [1.82, 2.24) is 21.2 Å². The van der Waals surface area contributed by atoms with Crippen LogP contribution in [0.2, 0.25) is 0 Å². The standard InChI is InChI=1S/C22H26N4O/c27-22(24-20-12-17(20)14-5-2-1-3-6-14)21-18-11-15(8-9-19(18)25-26-21)16-7-4-10-23-13-16/h1-7,10,13,15,17-21,25-26H,8-9,11-12H2,(H,24,27)/t15?,17-,18?,19?,20?,21?/m1/s1. The first-order chi connectivity index (χ1) is 13.3. The Labute approximate surface area is 159 Å². The van der Waals surface area contributed by atoms with Crippen LogP contribution in [0.5, 0.6) is 0 Å². The van der Waals surface area contributed by atoms with Gasteiger partial charge in [-0.3, -0.25) is 15.2 Å². The van der Waals surface area contributed by atoms with E-state index in [1.165, 1.54) is 11.1 Å². The van der Waals surface area contributed by atoms with Gasteiger partial charge in [-0.05, 0) is 48.8 Å². The molecule has 1 aromatic heterocycles. The second kappa shape index (κ2) is 7.06. The quantitative estimate of drug-likeness (QED) is 0.782. The topological polar surface area (TPSA) is 66.1 Å². The van der Waals surface area contributed by atoms with Gasteiger partial charge in [0.1, 0.15) is 6.04 Å². The first-order valence-corrected chi connectivity index (χ1v) is 10.1. The van der Waals surface area contributed by atoms with E-state index in [4.69, 9.17) is 0 Å². The maximum absolute atomic E-state index is 12.9. The van der Waals surface area contributed by atoms with Crippen LogP contribution in [0.4, 0.5) is 0 Å². The van der Waals surface area contributed by atoms with Gasteiger partial charge in [-0.2, -0.15) is 0 Å². The molecule has 2 saturated carbocycles. The summed E-state index contributed by atoms with van der Waals surface area (Å²) in [5.41, 5.74) is 9.28. The van der Waals surface area contributed by atoms with Crippen LogP contribution >= 0.6 is 0 Å². The average Bonchev–Trinajstić information content (AvgIpc) is 3.36. The molecule has 2 aromatic rings. The Bertz CT molecular complexity index is 796. The van der Waals surface area contributed by atoms with Gasteiger partial charge in [-0.1, -0.05) is 36.4 Å². The average molecular weight is 362 g/mol. The molecule has 5 rings (SSSR count). The highest BCUT2D eigenvalue weighted by molar-refractivity contribution is 5.83. The Morgan fingerprint density at radius 3 is 2.67 bits per heavy atom. The fourth-order valence-electron chi connectivity index (χ4n) is 4.93. The van der Waals surface area contributed by atoms with E-state index < -0.39 is 0 Å². The number of rotatable bonds is 4. The molecule has 5 nitrogen and oxygen atoms in total. The zero-order valence-electron chi connectivity index (χ0n) is 15.3. The van der Waals surface area contributed by atoms with E-state index >= 15 is 0 Å². The summed E-state index contributed by atoms with van der Waals surface area (Å²) in [5, 5.41) is 3.28. The van der Waals surface area contributed by atoms with Gasteiger partial charge in [-0.25, -0.2) is 5.43 Å². The van der Waals surface area contributed by atoms with Crippen molar-refractivity contribution in [2.75, 3.05) is 0 Å². The largest absolute Gasteiger partial charge is 0.351 e. The van der Waals surface area contributed by atoms with Crippen LogP contribution in [0, 0.1) is 5.92 Å². The van der Waals surface area contributed by atoms with Crippen molar-refractivity contribution in [2.45, 2.75) is 55.6 Å². The highest BCUT2D eigenvalue weighted by atomic mass is 16.2. The summed E-state index contributed by atoms with van der Waals surface area (Å²) in [5.74, 6) is 1.44. The molecular weight excluding hydrogens is 336 g/mol. The Morgan fingerprint density at radius 2 is 1.85 bits per heavy atom. The number of pyridine rings is 1. The minimum Gasteiger partial charge on any atom is -0.351 e. The van der Waals surface area contributed by atoms with Crippen molar-refractivity contribution in [3.63, 3.8) is 0 Å². The van der Waals surface area contributed by atoms with Crippen molar-refractivity contribution >= 4 is 5.91 Å². The number of carbonyl (C=O) groups is 1. The van der Waals surface area contributed by atoms with Crippen molar-refractivity contribution < 1.29 is 4.79 Å². The summed E-state index contributed by atoms with van der Waals surface area (Å²) < 4.78 is 0. The fraction of sp³-hybridized carbons (Fsp3) is 0.455. The van der Waals surface area contributed by atoms with E-state index in [2.05, 4.69) is 51.5 Å². The number of benzene rings is 1. The number of nitrogens with zero attached hydrogens (tertiary/aromatic N) is 1. The summed E-state index contributed by atoms with van der Waals surface area (Å²) in [6.45, 7) is 0. The zero-order chi connectivity index (χ0) is 18.2. The lowest BCUT2D eigenvalue weighted by atomic mass is 9.73. The molecule has 2 aliphatic carbocycles. The molecule has 0 bridgehead atoms. The first-order valence-electron chi connectivity index (χ1n) is 10.1. The highest BCUT2D eigenvalue weighted by Gasteiger charge is 2.46. The minimum atomic E-state index is -0.147. The van der Waals surface area contributed by atoms with E-state index in [0.717, 1.165) is 25.7 Å². The first kappa shape index (κ1) is 16.9. The monoisotopic (exact) mass is 362 g/mol. The minimum absolute atomic E-state index is 0.144. The number of nitrogens with one attached hydrogen (secondary N) is 3. The number of amides is 1. The number of hydrogen-bond acceptors (Lipinski definition) is 4. The predicted molar refractivity (Wildman–Crippen MR) is 104 cm³/mol. The molecule has 1 amide bonds. The lowest BCUT2D eigenvalue weighted by Gasteiger charge is -2.32. The van der Waals surface area contributed by atoms with Crippen molar-refractivity contribution in [2.24, 2.45) is 5.92 Å². The van der Waals surface area contributed by atoms with E-state index in [-0.39, 0.29) is 18.0 Å². The van der Waals surface area contributed by atoms with Crippen LogP contribution in [-0.4, -0.2) is 29.0 Å². The normalized spacial score (nSPS) is 34.7. The van der Waals surface area contributed by atoms with Crippen molar-refractivity contribution in [3.05, 3.63) is 66.0 Å². The Hall–Kier alpha value is -2.24. The van der Waals surface area contributed by atoms with Crippen LogP contribution in [0.3, 0.4) is 0 Å². The molecule has 3 fully saturated rings. The third kappa shape index (κ3) is 3.37. The SMILES string of the molecule is O=C(NC1C[C@@H]1c1ccccc1)C1NNC2CCC(c3cccnc3)CC21. The van der Waals surface area contributed by atoms with Crippen LogP contribution in [0.15, 0.2) is 54.9 Å². The van der Waals surface area contributed by atoms with Crippen molar-refractivity contribution in [3.8, 4) is 0 Å². The van der Waals surface area contributed by atoms with Gasteiger partial charge in [-0.15, -0.1) is 0 Å². The lowest BCUT2D eigenvalue weighted by Crippen LogP contribution is -2.47. The summed E-state index contributed by atoms with van der Waals surface area (Å²) in [6.07, 6.45) is 8.11. The molecule has 1 aromatic carbocycles. The number of carbonyl (C=O) groups excluding carboxylic acids is 1. The van der Waals surface area contributed by atoms with E-state index in [0.29, 0.717) is 23.8 Å². The van der Waals surface area contributed by atoms with Crippen LogP contribution in [-0.2, 0) is 4.79 Å². The van der Waals surface area contributed by atoms with Gasteiger partial charge < -0.3 is 5.32 Å². The van der Waals surface area contributed by atoms with E-state index in [1.54, 1.807) is 0 Å². The van der Waals surface area contributed by atoms with Gasteiger partial charge >= 0.3 is 0 Å². The Morgan fingerprint density at radius 1 is 1.00 bits per heavy atom. The Kier molecular flexibility index (Phi) is 4.42. The van der Waals surface area contributed by atoms with E-state index in [1.807, 2.05) is 24.5 Å². The molecule has 1 saturated heterocycles. The predicted octanol–water partition coefficient (Wildman–Crippen LogP) is 2.48. The molecule has 140 valence electrons. The molecule has 0 spiro atoms. The zero-order valence-corrected chi connectivity index (χ0v) is 15.3. The van der Waals surface area contributed by atoms with Crippen LogP contribution in [0.1, 0.15) is 48.6 Å². The van der Waals surface area contributed by atoms with Gasteiger partial charge in [0.15, 0.2) is 0 Å². The summed E-state index contributed by atoms with van der Waals surface area (Å²) in [6, 6.07) is 15.2. The number of hydrogen-bond donors (Lipinski definition) is 3. The molecule has 2 heterocycles. The molecule has 27 heavy (non-hydrogen) atoms. The van der Waals surface area contributed by atoms with Gasteiger partial charge in [0.2, 0.25) is 5.91 Å². The van der Waals surface area contributed by atoms with Gasteiger partial charge in [0.05, 0.1) is 0 Å². The smallest absolute Gasteiger partial charge is 0.239 e. The molecule has 1 aliphatic heterocycles. The second-order valence-electron chi connectivity index (χ2n) is 8.20.